The van der Waals surface area contributed by atoms with Crippen LogP contribution in [-0.4, -0.2) is 34.3 Å². The third-order valence-electron chi connectivity index (χ3n) is 2.93. The molecule has 3 N–H and O–H groups in total. The topological polar surface area (TPSA) is 75.3 Å². The smallest absolute Gasteiger partial charge is 0.223 e. The van der Waals surface area contributed by atoms with E-state index in [1.165, 1.54) is 0 Å². The van der Waals surface area contributed by atoms with Gasteiger partial charge >= 0.3 is 0 Å². The highest BCUT2D eigenvalue weighted by atomic mass is 35.5. The summed E-state index contributed by atoms with van der Waals surface area (Å²) in [6.07, 6.45) is 0.666. The lowest BCUT2D eigenvalue weighted by Gasteiger charge is -2.18. The second-order valence-corrected chi connectivity index (χ2v) is 4.53. The summed E-state index contributed by atoms with van der Waals surface area (Å²) in [6.45, 7) is 3.46. The van der Waals surface area contributed by atoms with E-state index in [1.54, 1.807) is 6.07 Å². The molecule has 88 valence electrons. The van der Waals surface area contributed by atoms with E-state index in [9.17, 15) is 5.11 Å². The summed E-state index contributed by atoms with van der Waals surface area (Å²) < 4.78 is 0. The number of rotatable bonds is 2. The maximum absolute atomic E-state index is 9.52. The highest BCUT2D eigenvalue weighted by Crippen LogP contribution is 2.26. The Morgan fingerprint density at radius 1 is 1.62 bits per heavy atom. The molecule has 2 rings (SSSR count). The Hall–Kier alpha value is -1.07. The highest BCUT2D eigenvalue weighted by molar-refractivity contribution is 6.29. The summed E-state index contributed by atoms with van der Waals surface area (Å²) >= 11 is 5.82. The van der Waals surface area contributed by atoms with Crippen molar-refractivity contribution >= 4 is 23.4 Å². The van der Waals surface area contributed by atoms with Crippen LogP contribution in [0.4, 0.5) is 11.8 Å². The van der Waals surface area contributed by atoms with Crippen LogP contribution < -0.4 is 10.6 Å². The van der Waals surface area contributed by atoms with Crippen molar-refractivity contribution in [2.45, 2.75) is 19.4 Å². The van der Waals surface area contributed by atoms with Crippen LogP contribution in [0, 0.1) is 5.92 Å². The summed E-state index contributed by atoms with van der Waals surface area (Å²) in [4.78, 5) is 10.0. The first kappa shape index (κ1) is 11.4. The van der Waals surface area contributed by atoms with Gasteiger partial charge in [-0.05, 0) is 13.3 Å². The Labute approximate surface area is 99.3 Å². The number of aliphatic hydroxyl groups is 1. The number of anilines is 2. The largest absolute Gasteiger partial charge is 0.393 e. The van der Waals surface area contributed by atoms with E-state index >= 15 is 0 Å². The number of nitrogen functional groups attached to an aromatic ring is 1. The summed E-state index contributed by atoms with van der Waals surface area (Å²) in [7, 11) is 0. The number of aliphatic hydroxyl groups excluding tert-OH is 1. The van der Waals surface area contributed by atoms with Crippen LogP contribution in [-0.2, 0) is 0 Å². The van der Waals surface area contributed by atoms with Gasteiger partial charge in [0.05, 0.1) is 6.10 Å². The van der Waals surface area contributed by atoms with Crippen LogP contribution in [0.15, 0.2) is 6.07 Å². The van der Waals surface area contributed by atoms with Crippen molar-refractivity contribution in [2.75, 3.05) is 23.7 Å². The predicted octanol–water partition coefficient (Wildman–Crippen LogP) is 0.919. The molecule has 2 atom stereocenters. The first-order valence-electron chi connectivity index (χ1n) is 5.29. The number of hydrogen-bond acceptors (Lipinski definition) is 5. The van der Waals surface area contributed by atoms with Gasteiger partial charge in [0, 0.05) is 25.1 Å². The second kappa shape index (κ2) is 4.43. The molecule has 0 amide bonds. The molecule has 2 unspecified atom stereocenters. The van der Waals surface area contributed by atoms with Gasteiger partial charge in [0.15, 0.2) is 0 Å². The molecule has 1 fully saturated rings. The molecule has 0 bridgehead atoms. The van der Waals surface area contributed by atoms with Crippen molar-refractivity contribution in [3.63, 3.8) is 0 Å². The molecule has 5 nitrogen and oxygen atoms in total. The Kier molecular flexibility index (Phi) is 3.16. The van der Waals surface area contributed by atoms with E-state index in [0.29, 0.717) is 5.15 Å². The summed E-state index contributed by atoms with van der Waals surface area (Å²) in [5.74, 6) is 1.21. The number of nitrogens with zero attached hydrogens (tertiary/aromatic N) is 3. The first-order valence-corrected chi connectivity index (χ1v) is 5.67. The zero-order chi connectivity index (χ0) is 11.7. The average molecular weight is 243 g/mol. The Morgan fingerprint density at radius 3 is 2.94 bits per heavy atom. The fourth-order valence-corrected chi connectivity index (χ4v) is 2.16. The molecular weight excluding hydrogens is 228 g/mol. The zero-order valence-electron chi connectivity index (χ0n) is 9.10. The van der Waals surface area contributed by atoms with Gasteiger partial charge in [0.1, 0.15) is 11.0 Å². The lowest BCUT2D eigenvalue weighted by Crippen LogP contribution is -2.24. The van der Waals surface area contributed by atoms with E-state index in [1.807, 2.05) is 6.92 Å². The minimum absolute atomic E-state index is 0.183. The average Bonchev–Trinajstić information content (AvgIpc) is 2.64. The van der Waals surface area contributed by atoms with Gasteiger partial charge < -0.3 is 15.7 Å². The van der Waals surface area contributed by atoms with E-state index in [0.717, 1.165) is 25.3 Å². The first-order chi connectivity index (χ1) is 7.56. The van der Waals surface area contributed by atoms with Gasteiger partial charge in [-0.1, -0.05) is 11.6 Å². The molecule has 0 spiro atoms. The molecule has 1 aromatic heterocycles. The van der Waals surface area contributed by atoms with E-state index < -0.39 is 0 Å². The standard InChI is InChI=1S/C10H15ClN4O/c1-6(16)7-2-3-15(5-7)9-4-8(11)13-10(12)14-9/h4,6-7,16H,2-3,5H2,1H3,(H2,12,13,14). The van der Waals surface area contributed by atoms with Crippen molar-refractivity contribution in [2.24, 2.45) is 5.92 Å². The Bertz CT molecular complexity index is 365. The highest BCUT2D eigenvalue weighted by Gasteiger charge is 2.27. The maximum Gasteiger partial charge on any atom is 0.223 e. The van der Waals surface area contributed by atoms with Crippen molar-refractivity contribution < 1.29 is 5.11 Å². The van der Waals surface area contributed by atoms with Gasteiger partial charge in [-0.25, -0.2) is 4.98 Å². The third kappa shape index (κ3) is 2.36. The molecule has 6 heteroatoms. The van der Waals surface area contributed by atoms with Crippen LogP contribution in [0.3, 0.4) is 0 Å². The van der Waals surface area contributed by atoms with Crippen LogP contribution in [0.25, 0.3) is 0 Å². The summed E-state index contributed by atoms with van der Waals surface area (Å²) in [5.41, 5.74) is 5.54. The lowest BCUT2D eigenvalue weighted by molar-refractivity contribution is 0.136. The zero-order valence-corrected chi connectivity index (χ0v) is 9.85. The van der Waals surface area contributed by atoms with Gasteiger partial charge in [0.25, 0.3) is 0 Å². The number of aromatic nitrogens is 2. The van der Waals surface area contributed by atoms with Crippen LogP contribution >= 0.6 is 11.6 Å². The predicted molar refractivity (Wildman–Crippen MR) is 63.5 cm³/mol. The molecular formula is C10H15ClN4O. The Morgan fingerprint density at radius 2 is 2.38 bits per heavy atom. The number of hydrogen-bond donors (Lipinski definition) is 2. The fourth-order valence-electron chi connectivity index (χ4n) is 1.97. The second-order valence-electron chi connectivity index (χ2n) is 4.14. The van der Waals surface area contributed by atoms with Crippen molar-refractivity contribution in [1.29, 1.82) is 0 Å². The molecule has 2 heterocycles. The van der Waals surface area contributed by atoms with Crippen LogP contribution in [0.2, 0.25) is 5.15 Å². The molecule has 16 heavy (non-hydrogen) atoms. The quantitative estimate of drug-likeness (QED) is 0.755. The third-order valence-corrected chi connectivity index (χ3v) is 3.12. The van der Waals surface area contributed by atoms with Crippen molar-refractivity contribution in [1.82, 2.24) is 9.97 Å². The monoisotopic (exact) mass is 242 g/mol. The van der Waals surface area contributed by atoms with Gasteiger partial charge in [-0.15, -0.1) is 0 Å². The number of halogens is 1. The molecule has 1 aromatic rings. The normalized spacial score (nSPS) is 22.4. The molecule has 1 aliphatic heterocycles. The molecule has 0 aromatic carbocycles. The maximum atomic E-state index is 9.52. The lowest BCUT2D eigenvalue weighted by atomic mass is 10.0. The number of nitrogens with two attached hydrogens (primary N) is 1. The minimum Gasteiger partial charge on any atom is -0.393 e. The Balaban J connectivity index is 2.14. The van der Waals surface area contributed by atoms with Gasteiger partial charge in [-0.3, -0.25) is 0 Å². The SMILES string of the molecule is CC(O)C1CCN(c2cc(Cl)nc(N)n2)C1. The van der Waals surface area contributed by atoms with Crippen LogP contribution in [0.5, 0.6) is 0 Å². The molecule has 1 aliphatic rings. The molecule has 0 radical (unpaired) electrons. The van der Waals surface area contributed by atoms with E-state index in [-0.39, 0.29) is 18.0 Å². The molecule has 0 aliphatic carbocycles. The van der Waals surface area contributed by atoms with Crippen LogP contribution in [0.1, 0.15) is 13.3 Å². The minimum atomic E-state index is -0.292. The van der Waals surface area contributed by atoms with Crippen molar-refractivity contribution in [3.05, 3.63) is 11.2 Å². The van der Waals surface area contributed by atoms with Gasteiger partial charge in [0.2, 0.25) is 5.95 Å². The van der Waals surface area contributed by atoms with Gasteiger partial charge in [-0.2, -0.15) is 4.98 Å². The molecule has 0 saturated carbocycles. The summed E-state index contributed by atoms with van der Waals surface area (Å²) in [6, 6.07) is 1.70. The van der Waals surface area contributed by atoms with E-state index in [4.69, 9.17) is 17.3 Å². The molecule has 1 saturated heterocycles. The van der Waals surface area contributed by atoms with Crippen molar-refractivity contribution in [3.8, 4) is 0 Å². The van der Waals surface area contributed by atoms with E-state index in [2.05, 4.69) is 14.9 Å². The fraction of sp³-hybridized carbons (Fsp3) is 0.600. The summed E-state index contributed by atoms with van der Waals surface area (Å²) in [5, 5.41) is 9.87.